The van der Waals surface area contributed by atoms with Crippen LogP contribution in [0.25, 0.3) is 0 Å². The van der Waals surface area contributed by atoms with E-state index in [1.165, 1.54) is 29.8 Å². The van der Waals surface area contributed by atoms with Crippen molar-refractivity contribution in [2.45, 2.75) is 53.0 Å². The molecule has 4 N–H and O–H groups in total. The molecule has 0 radical (unpaired) electrons. The topological polar surface area (TPSA) is 96.4 Å². The van der Waals surface area contributed by atoms with Crippen LogP contribution in [0.4, 0.5) is 21.6 Å². The van der Waals surface area contributed by atoms with Crippen LogP contribution in [0.1, 0.15) is 54.6 Å². The van der Waals surface area contributed by atoms with Gasteiger partial charge in [-0.15, -0.1) is 0 Å². The van der Waals surface area contributed by atoms with E-state index in [9.17, 15) is 14.0 Å². The summed E-state index contributed by atoms with van der Waals surface area (Å²) in [6.45, 7) is 7.36. The minimum atomic E-state index is -0.510. The minimum Gasteiger partial charge on any atom is -0.454 e. The maximum atomic E-state index is 14.8. The molecule has 1 aliphatic carbocycles. The Labute approximate surface area is 237 Å². The molecule has 8 nitrogen and oxygen atoms in total. The van der Waals surface area contributed by atoms with E-state index < -0.39 is 17.3 Å². The lowest BCUT2D eigenvalue weighted by Gasteiger charge is -2.28. The van der Waals surface area contributed by atoms with Crippen LogP contribution in [0.15, 0.2) is 41.2 Å². The Bertz CT molecular complexity index is 1390. The molecule has 1 aromatic heterocycles. The quantitative estimate of drug-likeness (QED) is 0.208. The van der Waals surface area contributed by atoms with Crippen molar-refractivity contribution in [3.05, 3.63) is 74.3 Å². The standard InChI is InChI=1S/C26H29ClFN5O3S.C2H6/c1-14-11-12-18(17(28)13-14)31-24-21(25(34)30-16-7-5-8-16)23(15(2)26(35)33(24)4)36-20-10-6-9-19(22(20)27)32-37-29-3;1-2/h6,9-13,16,29,31-32H,5,7-8H2,1-4H3,(H,30,34);1-2H3. The average Bonchev–Trinajstić information content (AvgIpc) is 2.90. The zero-order chi connectivity index (χ0) is 28.7. The third-order valence-corrected chi connectivity index (χ3v) is 7.16. The third kappa shape index (κ3) is 6.87. The predicted molar refractivity (Wildman–Crippen MR) is 159 cm³/mol. The first kappa shape index (κ1) is 30.3. The number of pyridine rings is 1. The monoisotopic (exact) mass is 575 g/mol. The Hall–Kier alpha value is -3.21. The fourth-order valence-corrected chi connectivity index (χ4v) is 4.59. The van der Waals surface area contributed by atoms with Gasteiger partial charge in [-0.1, -0.05) is 37.6 Å². The highest BCUT2D eigenvalue weighted by Crippen LogP contribution is 2.40. The number of hydrogen-bond acceptors (Lipinski definition) is 7. The summed E-state index contributed by atoms with van der Waals surface area (Å²) in [5, 5.41) is 6.25. The van der Waals surface area contributed by atoms with Crippen molar-refractivity contribution in [1.82, 2.24) is 14.6 Å². The number of carbonyl (C=O) groups is 1. The van der Waals surface area contributed by atoms with Gasteiger partial charge in [-0.3, -0.25) is 14.2 Å². The van der Waals surface area contributed by atoms with Crippen molar-refractivity contribution in [2.24, 2.45) is 7.05 Å². The molecule has 1 aliphatic rings. The van der Waals surface area contributed by atoms with Crippen LogP contribution in [-0.4, -0.2) is 23.6 Å². The van der Waals surface area contributed by atoms with E-state index in [1.54, 1.807) is 51.2 Å². The van der Waals surface area contributed by atoms with E-state index in [2.05, 4.69) is 20.1 Å². The first-order valence-electron chi connectivity index (χ1n) is 12.8. The number of halogens is 2. The number of aromatic nitrogens is 1. The summed E-state index contributed by atoms with van der Waals surface area (Å²) in [5.74, 6) is -0.518. The molecular formula is C28H35ClFN5O3S. The van der Waals surface area contributed by atoms with Crippen LogP contribution in [-0.2, 0) is 7.05 Å². The number of rotatable bonds is 9. The number of nitrogens with zero attached hydrogens (tertiary/aromatic N) is 1. The number of benzene rings is 2. The zero-order valence-corrected chi connectivity index (χ0v) is 24.6. The highest BCUT2D eigenvalue weighted by molar-refractivity contribution is 7.98. The van der Waals surface area contributed by atoms with Gasteiger partial charge in [0.2, 0.25) is 0 Å². The molecule has 4 rings (SSSR count). The number of nitrogens with one attached hydrogen (secondary N) is 4. The van der Waals surface area contributed by atoms with Gasteiger partial charge in [0.1, 0.15) is 28.0 Å². The van der Waals surface area contributed by atoms with E-state index in [4.69, 9.17) is 16.3 Å². The van der Waals surface area contributed by atoms with Gasteiger partial charge in [0.05, 0.1) is 16.9 Å². The summed E-state index contributed by atoms with van der Waals surface area (Å²) in [7, 11) is 3.29. The average molecular weight is 576 g/mol. The summed E-state index contributed by atoms with van der Waals surface area (Å²) in [4.78, 5) is 26.9. The summed E-state index contributed by atoms with van der Waals surface area (Å²) >= 11 is 7.82. The lowest BCUT2D eigenvalue weighted by Crippen LogP contribution is -2.40. The van der Waals surface area contributed by atoms with Gasteiger partial charge < -0.3 is 20.1 Å². The highest BCUT2D eigenvalue weighted by atomic mass is 35.5. The fraction of sp³-hybridized carbons (Fsp3) is 0.357. The molecule has 39 heavy (non-hydrogen) atoms. The number of ether oxygens (including phenoxy) is 1. The second-order valence-electron chi connectivity index (χ2n) is 8.88. The van der Waals surface area contributed by atoms with Gasteiger partial charge in [-0.25, -0.2) is 9.11 Å². The largest absolute Gasteiger partial charge is 0.454 e. The van der Waals surface area contributed by atoms with Crippen molar-refractivity contribution < 1.29 is 13.9 Å². The Balaban J connectivity index is 0.00000205. The molecule has 0 bridgehead atoms. The first-order chi connectivity index (χ1) is 18.7. The lowest BCUT2D eigenvalue weighted by molar-refractivity contribution is 0.0914. The maximum absolute atomic E-state index is 14.8. The Morgan fingerprint density at radius 1 is 1.15 bits per heavy atom. The number of aryl methyl sites for hydroxylation is 1. The molecule has 1 heterocycles. The van der Waals surface area contributed by atoms with Crippen LogP contribution in [0.5, 0.6) is 11.5 Å². The second kappa shape index (κ2) is 13.7. The molecular weight excluding hydrogens is 541 g/mol. The molecule has 0 spiro atoms. The Morgan fingerprint density at radius 3 is 2.49 bits per heavy atom. The van der Waals surface area contributed by atoms with Gasteiger partial charge in [0, 0.05) is 25.2 Å². The fourth-order valence-electron chi connectivity index (χ4n) is 3.94. The van der Waals surface area contributed by atoms with Crippen molar-refractivity contribution in [2.75, 3.05) is 17.1 Å². The van der Waals surface area contributed by atoms with Crippen LogP contribution in [0.2, 0.25) is 5.02 Å². The maximum Gasteiger partial charge on any atom is 0.259 e. The SMILES string of the molecule is CC.CNSNc1cccc(Oc2c(C(=O)NC3CCC3)c(Nc3ccc(C)cc3F)n(C)c(=O)c2C)c1Cl. The van der Waals surface area contributed by atoms with Crippen LogP contribution in [0.3, 0.4) is 0 Å². The van der Waals surface area contributed by atoms with Gasteiger partial charge in [-0.2, -0.15) is 0 Å². The van der Waals surface area contributed by atoms with E-state index in [-0.39, 0.29) is 45.2 Å². The first-order valence-corrected chi connectivity index (χ1v) is 14.0. The van der Waals surface area contributed by atoms with Gasteiger partial charge in [-0.05, 0) is 70.0 Å². The molecule has 0 saturated heterocycles. The summed E-state index contributed by atoms with van der Waals surface area (Å²) < 4.78 is 28.2. The van der Waals surface area contributed by atoms with Crippen molar-refractivity contribution in [3.63, 3.8) is 0 Å². The van der Waals surface area contributed by atoms with E-state index in [1.807, 2.05) is 13.8 Å². The smallest absolute Gasteiger partial charge is 0.259 e. The van der Waals surface area contributed by atoms with E-state index in [0.29, 0.717) is 5.69 Å². The molecule has 2 aromatic carbocycles. The summed E-state index contributed by atoms with van der Waals surface area (Å²) in [5.41, 5.74) is 1.36. The number of amides is 1. The molecule has 11 heteroatoms. The molecule has 0 atom stereocenters. The number of hydrogen-bond donors (Lipinski definition) is 4. The highest BCUT2D eigenvalue weighted by Gasteiger charge is 2.29. The van der Waals surface area contributed by atoms with Crippen molar-refractivity contribution in [3.8, 4) is 11.5 Å². The number of anilines is 3. The van der Waals surface area contributed by atoms with Crippen molar-refractivity contribution in [1.29, 1.82) is 0 Å². The molecule has 0 unspecified atom stereocenters. The van der Waals surface area contributed by atoms with Gasteiger partial charge in [0.15, 0.2) is 5.75 Å². The van der Waals surface area contributed by atoms with Gasteiger partial charge >= 0.3 is 0 Å². The van der Waals surface area contributed by atoms with Crippen LogP contribution >= 0.6 is 23.7 Å². The minimum absolute atomic E-state index is 0.0246. The van der Waals surface area contributed by atoms with Crippen LogP contribution in [0, 0.1) is 19.7 Å². The zero-order valence-electron chi connectivity index (χ0n) is 23.0. The van der Waals surface area contributed by atoms with E-state index in [0.717, 1.165) is 24.8 Å². The Kier molecular flexibility index (Phi) is 10.7. The molecule has 1 fully saturated rings. The lowest BCUT2D eigenvalue weighted by atomic mass is 9.93. The second-order valence-corrected chi connectivity index (χ2v) is 10.1. The van der Waals surface area contributed by atoms with E-state index >= 15 is 0 Å². The molecule has 1 saturated carbocycles. The molecule has 210 valence electrons. The predicted octanol–water partition coefficient (Wildman–Crippen LogP) is 6.83. The van der Waals surface area contributed by atoms with Gasteiger partial charge in [0.25, 0.3) is 11.5 Å². The normalized spacial score (nSPS) is 12.6. The van der Waals surface area contributed by atoms with Crippen molar-refractivity contribution >= 4 is 46.8 Å². The third-order valence-electron chi connectivity index (χ3n) is 6.25. The molecule has 3 aromatic rings. The molecule has 1 amide bonds. The summed E-state index contributed by atoms with van der Waals surface area (Å²) in [6, 6.07) is 9.87. The van der Waals surface area contributed by atoms with Crippen LogP contribution < -0.4 is 30.4 Å². The molecule has 0 aliphatic heterocycles. The summed E-state index contributed by atoms with van der Waals surface area (Å²) in [6.07, 6.45) is 2.76. The number of carbonyl (C=O) groups excluding carboxylic acids is 1. The Morgan fingerprint density at radius 2 is 1.87 bits per heavy atom.